The molecule has 27 heavy (non-hydrogen) atoms. The predicted octanol–water partition coefficient (Wildman–Crippen LogP) is 2.23. The zero-order valence-corrected chi connectivity index (χ0v) is 16.0. The Labute approximate surface area is 159 Å². The van der Waals surface area contributed by atoms with Crippen molar-refractivity contribution in [1.29, 1.82) is 0 Å². The molecule has 1 aliphatic heterocycles. The summed E-state index contributed by atoms with van der Waals surface area (Å²) in [4.78, 5) is 21.8. The molecule has 1 aliphatic rings. The van der Waals surface area contributed by atoms with Crippen molar-refractivity contribution < 1.29 is 0 Å². The Morgan fingerprint density at radius 1 is 1.19 bits per heavy atom. The predicted molar refractivity (Wildman–Crippen MR) is 111 cm³/mol. The lowest BCUT2D eigenvalue weighted by Crippen LogP contribution is -2.49. The third kappa shape index (κ3) is 3.53. The summed E-state index contributed by atoms with van der Waals surface area (Å²) in [5.41, 5.74) is 4.39. The van der Waals surface area contributed by atoms with Crippen molar-refractivity contribution >= 4 is 17.0 Å². The van der Waals surface area contributed by atoms with Crippen LogP contribution in [0.25, 0.3) is 16.9 Å². The number of piperazine rings is 1. The van der Waals surface area contributed by atoms with E-state index < -0.39 is 0 Å². The molecule has 1 saturated heterocycles. The maximum absolute atomic E-state index is 12.8. The van der Waals surface area contributed by atoms with Crippen LogP contribution in [0.3, 0.4) is 0 Å². The highest BCUT2D eigenvalue weighted by atomic mass is 16.1. The fourth-order valence-corrected chi connectivity index (χ4v) is 3.54. The van der Waals surface area contributed by atoms with Crippen LogP contribution < -0.4 is 20.7 Å². The molecule has 0 amide bonds. The van der Waals surface area contributed by atoms with Crippen molar-refractivity contribution in [2.24, 2.45) is 0 Å². The number of hydrogen-bond acceptors (Lipinski definition) is 5. The third-order valence-electron chi connectivity index (χ3n) is 5.04. The summed E-state index contributed by atoms with van der Waals surface area (Å²) in [6, 6.07) is 14.1. The van der Waals surface area contributed by atoms with Gasteiger partial charge in [-0.2, -0.15) is 0 Å². The number of rotatable bonds is 3. The number of nitrogens with one attached hydrogen (secondary N) is 1. The van der Waals surface area contributed by atoms with Gasteiger partial charge in [-0.25, -0.2) is 4.98 Å². The molecule has 3 aromatic rings. The minimum Gasteiger partial charge on any atom is -0.378 e. The van der Waals surface area contributed by atoms with Gasteiger partial charge < -0.3 is 15.1 Å². The number of aromatic nitrogens is 2. The third-order valence-corrected chi connectivity index (χ3v) is 5.04. The van der Waals surface area contributed by atoms with E-state index in [1.165, 1.54) is 0 Å². The first kappa shape index (κ1) is 17.5. The van der Waals surface area contributed by atoms with Crippen LogP contribution in [0.2, 0.25) is 0 Å². The first-order valence-electron chi connectivity index (χ1n) is 9.31. The van der Waals surface area contributed by atoms with Gasteiger partial charge in [-0.15, -0.1) is 0 Å². The van der Waals surface area contributed by atoms with Gasteiger partial charge in [0.05, 0.1) is 11.4 Å². The lowest BCUT2D eigenvalue weighted by molar-refractivity contribution is 0.484. The van der Waals surface area contributed by atoms with E-state index in [-0.39, 0.29) is 5.56 Å². The van der Waals surface area contributed by atoms with E-state index in [1.54, 1.807) is 10.5 Å². The maximum atomic E-state index is 12.8. The molecule has 0 spiro atoms. The molecule has 0 aliphatic carbocycles. The van der Waals surface area contributed by atoms with Gasteiger partial charge in [0.15, 0.2) is 0 Å². The number of anilines is 2. The van der Waals surface area contributed by atoms with Gasteiger partial charge in [0, 0.05) is 63.3 Å². The monoisotopic (exact) mass is 363 g/mol. The Morgan fingerprint density at radius 2 is 2.04 bits per heavy atom. The van der Waals surface area contributed by atoms with E-state index in [0.29, 0.717) is 17.4 Å². The normalized spacial score (nSPS) is 17.3. The summed E-state index contributed by atoms with van der Waals surface area (Å²) in [6.45, 7) is 5.00. The second kappa shape index (κ2) is 7.04. The second-order valence-corrected chi connectivity index (χ2v) is 7.34. The Balaban J connectivity index is 1.73. The van der Waals surface area contributed by atoms with E-state index in [4.69, 9.17) is 4.98 Å². The number of fused-ring (bicyclic) bond motifs is 1. The van der Waals surface area contributed by atoms with E-state index in [9.17, 15) is 4.79 Å². The largest absolute Gasteiger partial charge is 0.378 e. The Bertz CT molecular complexity index is 1030. The van der Waals surface area contributed by atoms with Crippen molar-refractivity contribution in [2.75, 3.05) is 43.5 Å². The lowest BCUT2D eigenvalue weighted by atomic mass is 10.1. The minimum absolute atomic E-state index is 0.0599. The highest BCUT2D eigenvalue weighted by molar-refractivity contribution is 5.67. The van der Waals surface area contributed by atoms with Gasteiger partial charge in [0.2, 0.25) is 0 Å². The summed E-state index contributed by atoms with van der Waals surface area (Å²) in [7, 11) is 4.00. The van der Waals surface area contributed by atoms with Gasteiger partial charge in [-0.3, -0.25) is 9.20 Å². The number of hydrogen-bond donors (Lipinski definition) is 1. The second-order valence-electron chi connectivity index (χ2n) is 7.34. The van der Waals surface area contributed by atoms with Gasteiger partial charge in [-0.1, -0.05) is 12.1 Å². The smallest absolute Gasteiger partial charge is 0.258 e. The van der Waals surface area contributed by atoms with Crippen LogP contribution in [0.15, 0.2) is 53.5 Å². The molecule has 6 heteroatoms. The molecule has 1 fully saturated rings. The van der Waals surface area contributed by atoms with Crippen LogP contribution in [-0.4, -0.2) is 49.2 Å². The highest BCUT2D eigenvalue weighted by Crippen LogP contribution is 2.23. The first-order valence-corrected chi connectivity index (χ1v) is 9.31. The first-order chi connectivity index (χ1) is 13.0. The van der Waals surface area contributed by atoms with Gasteiger partial charge in [0.25, 0.3) is 5.56 Å². The van der Waals surface area contributed by atoms with Gasteiger partial charge in [-0.05, 0) is 31.2 Å². The molecule has 1 atom stereocenters. The summed E-state index contributed by atoms with van der Waals surface area (Å²) in [6.07, 6.45) is 1.91. The number of benzene rings is 1. The molecule has 1 N–H and O–H groups in total. The minimum atomic E-state index is -0.0599. The summed E-state index contributed by atoms with van der Waals surface area (Å²) in [5, 5.41) is 3.44. The fraction of sp³-hybridized carbons (Fsp3) is 0.333. The van der Waals surface area contributed by atoms with Crippen molar-refractivity contribution in [3.63, 3.8) is 0 Å². The van der Waals surface area contributed by atoms with E-state index in [2.05, 4.69) is 29.3 Å². The van der Waals surface area contributed by atoms with Crippen LogP contribution in [-0.2, 0) is 0 Å². The highest BCUT2D eigenvalue weighted by Gasteiger charge is 2.16. The molecule has 4 rings (SSSR count). The molecular formula is C21H25N5O. The van der Waals surface area contributed by atoms with Crippen molar-refractivity contribution in [3.05, 3.63) is 59.0 Å². The van der Waals surface area contributed by atoms with Crippen LogP contribution in [0.5, 0.6) is 0 Å². The molecular weight excluding hydrogens is 338 g/mol. The lowest BCUT2D eigenvalue weighted by Gasteiger charge is -2.33. The summed E-state index contributed by atoms with van der Waals surface area (Å²) < 4.78 is 1.64. The zero-order chi connectivity index (χ0) is 19.0. The Morgan fingerprint density at radius 3 is 2.81 bits per heavy atom. The molecule has 1 unspecified atom stereocenters. The molecule has 2 aromatic heterocycles. The number of nitrogens with zero attached hydrogens (tertiary/aromatic N) is 4. The quantitative estimate of drug-likeness (QED) is 0.773. The molecule has 6 nitrogen and oxygen atoms in total. The molecule has 0 radical (unpaired) electrons. The Hall–Kier alpha value is -2.86. The van der Waals surface area contributed by atoms with Gasteiger partial charge >= 0.3 is 0 Å². The van der Waals surface area contributed by atoms with Crippen LogP contribution in [0.1, 0.15) is 6.92 Å². The topological polar surface area (TPSA) is 52.9 Å². The van der Waals surface area contributed by atoms with Crippen molar-refractivity contribution in [2.45, 2.75) is 13.0 Å². The van der Waals surface area contributed by atoms with E-state index >= 15 is 0 Å². The summed E-state index contributed by atoms with van der Waals surface area (Å²) >= 11 is 0. The number of pyridine rings is 1. The standard InChI is InChI=1S/C21H25N5O/c1-15-13-25(10-9-22-15)18-7-8-20-23-19(12-21(27)26(20)14-18)16-5-4-6-17(11-16)24(2)3/h4-8,11-12,14-15,22H,9-10,13H2,1-3H3. The summed E-state index contributed by atoms with van der Waals surface area (Å²) in [5.74, 6) is 0. The SMILES string of the molecule is CC1CN(c2ccc3nc(-c4cccc(N(C)C)c4)cc(=O)n3c2)CCN1. The van der Waals surface area contributed by atoms with E-state index in [1.807, 2.05) is 49.5 Å². The fourth-order valence-electron chi connectivity index (χ4n) is 3.54. The Kier molecular flexibility index (Phi) is 4.58. The molecule has 3 heterocycles. The van der Waals surface area contributed by atoms with Crippen molar-refractivity contribution in [1.82, 2.24) is 14.7 Å². The van der Waals surface area contributed by atoms with Crippen molar-refractivity contribution in [3.8, 4) is 11.3 Å². The average Bonchev–Trinajstić information content (AvgIpc) is 2.68. The van der Waals surface area contributed by atoms with Crippen LogP contribution in [0.4, 0.5) is 11.4 Å². The maximum Gasteiger partial charge on any atom is 0.258 e. The zero-order valence-electron chi connectivity index (χ0n) is 16.0. The van der Waals surface area contributed by atoms with Crippen LogP contribution >= 0.6 is 0 Å². The molecule has 0 saturated carbocycles. The molecule has 0 bridgehead atoms. The van der Waals surface area contributed by atoms with E-state index in [0.717, 1.165) is 36.6 Å². The molecule has 1 aromatic carbocycles. The van der Waals surface area contributed by atoms with Gasteiger partial charge in [0.1, 0.15) is 5.65 Å². The average molecular weight is 363 g/mol. The molecule has 140 valence electrons. The van der Waals surface area contributed by atoms with Crippen LogP contribution in [0, 0.1) is 0 Å².